The number of carbonyl (C=O) groups is 1. The molecule has 0 saturated carbocycles. The molecule has 0 spiro atoms. The second kappa shape index (κ2) is 5.65. The van der Waals surface area contributed by atoms with Gasteiger partial charge in [-0.25, -0.2) is 0 Å². The van der Waals surface area contributed by atoms with Crippen LogP contribution < -0.4 is 0 Å². The van der Waals surface area contributed by atoms with Crippen molar-refractivity contribution in [1.29, 1.82) is 0 Å². The van der Waals surface area contributed by atoms with Gasteiger partial charge in [0.25, 0.3) is 0 Å². The molecular formula is C18H19NO3. The molecule has 2 aromatic rings. The maximum Gasteiger partial charge on any atom is 0.194 e. The molecule has 2 aromatic carbocycles. The van der Waals surface area contributed by atoms with Gasteiger partial charge in [-0.1, -0.05) is 54.6 Å². The molecule has 3 rings (SSSR count). The molecule has 4 heteroatoms. The molecule has 114 valence electrons. The second-order valence-corrected chi connectivity index (χ2v) is 5.69. The average Bonchev–Trinajstić information content (AvgIpc) is 2.78. The highest BCUT2D eigenvalue weighted by molar-refractivity contribution is 5.66. The first-order valence-electron chi connectivity index (χ1n) is 7.37. The van der Waals surface area contributed by atoms with Crippen molar-refractivity contribution in [1.82, 2.24) is 5.06 Å². The minimum absolute atomic E-state index is 0.160. The van der Waals surface area contributed by atoms with E-state index in [0.717, 1.165) is 11.8 Å². The van der Waals surface area contributed by atoms with Gasteiger partial charge in [-0.05, 0) is 19.4 Å². The molecule has 0 bridgehead atoms. The maximum absolute atomic E-state index is 11.6. The fourth-order valence-electron chi connectivity index (χ4n) is 2.97. The molecule has 0 amide bonds. The molecule has 2 unspecified atom stereocenters. The van der Waals surface area contributed by atoms with Crippen molar-refractivity contribution in [2.75, 3.05) is 0 Å². The summed E-state index contributed by atoms with van der Waals surface area (Å²) in [4.78, 5) is 17.5. The minimum atomic E-state index is -1.48. The average molecular weight is 297 g/mol. The zero-order valence-corrected chi connectivity index (χ0v) is 12.6. The van der Waals surface area contributed by atoms with Crippen molar-refractivity contribution in [2.24, 2.45) is 0 Å². The van der Waals surface area contributed by atoms with Gasteiger partial charge in [0, 0.05) is 11.1 Å². The Morgan fingerprint density at radius 1 is 1.14 bits per heavy atom. The predicted molar refractivity (Wildman–Crippen MR) is 82.7 cm³/mol. The summed E-state index contributed by atoms with van der Waals surface area (Å²) in [5.74, 6) is 0. The lowest BCUT2D eigenvalue weighted by atomic mass is 9.94. The molecule has 1 heterocycles. The molecule has 0 radical (unpaired) electrons. The number of hydroxylamine groups is 2. The van der Waals surface area contributed by atoms with Crippen LogP contribution in [0.2, 0.25) is 0 Å². The van der Waals surface area contributed by atoms with E-state index in [-0.39, 0.29) is 6.10 Å². The molecule has 1 aliphatic heterocycles. The molecular weight excluding hydrogens is 278 g/mol. The largest absolute Gasteiger partial charge is 0.366 e. The van der Waals surface area contributed by atoms with Gasteiger partial charge in [-0.3, -0.25) is 4.84 Å². The lowest BCUT2D eigenvalue weighted by Crippen LogP contribution is -2.45. The fourth-order valence-corrected chi connectivity index (χ4v) is 2.97. The quantitative estimate of drug-likeness (QED) is 0.882. The number of rotatable bonds is 4. The standard InChI is InChI=1S/C18H19NO3/c1-13(2)22-19-17(12-20)15-10-6-7-11-16(15)18(19,21)14-8-4-3-5-9-14/h3-13,17,21H,1-2H3. The Morgan fingerprint density at radius 3 is 2.41 bits per heavy atom. The first-order chi connectivity index (χ1) is 10.6. The van der Waals surface area contributed by atoms with Crippen LogP contribution in [0.3, 0.4) is 0 Å². The SMILES string of the molecule is CC(C)ON1C(C=O)c2ccccc2C1(O)c1ccccc1. The molecule has 0 aromatic heterocycles. The van der Waals surface area contributed by atoms with Gasteiger partial charge in [0.05, 0.1) is 6.10 Å². The van der Waals surface area contributed by atoms with E-state index in [1.165, 1.54) is 5.06 Å². The van der Waals surface area contributed by atoms with Crippen LogP contribution in [0.5, 0.6) is 0 Å². The Balaban J connectivity index is 2.21. The Labute approximate surface area is 129 Å². The Bertz CT molecular complexity index is 671. The Kier molecular flexibility index (Phi) is 3.83. The van der Waals surface area contributed by atoms with Crippen LogP contribution in [0.15, 0.2) is 54.6 Å². The van der Waals surface area contributed by atoms with Gasteiger partial charge in [0.1, 0.15) is 12.3 Å². The van der Waals surface area contributed by atoms with Gasteiger partial charge in [-0.15, -0.1) is 5.06 Å². The maximum atomic E-state index is 11.6. The van der Waals surface area contributed by atoms with Crippen molar-refractivity contribution < 1.29 is 14.7 Å². The number of nitrogens with zero attached hydrogens (tertiary/aromatic N) is 1. The molecule has 0 saturated heterocycles. The first-order valence-corrected chi connectivity index (χ1v) is 7.37. The van der Waals surface area contributed by atoms with E-state index in [9.17, 15) is 9.90 Å². The number of aldehydes is 1. The zero-order chi connectivity index (χ0) is 15.7. The van der Waals surface area contributed by atoms with Gasteiger partial charge in [-0.2, -0.15) is 0 Å². The van der Waals surface area contributed by atoms with Crippen LogP contribution in [0.25, 0.3) is 0 Å². The van der Waals surface area contributed by atoms with E-state index in [1.807, 2.05) is 68.4 Å². The first kappa shape index (κ1) is 14.9. The number of fused-ring (bicyclic) bond motifs is 1. The van der Waals surface area contributed by atoms with E-state index in [2.05, 4.69) is 0 Å². The molecule has 0 fully saturated rings. The van der Waals surface area contributed by atoms with E-state index in [4.69, 9.17) is 4.84 Å². The summed E-state index contributed by atoms with van der Waals surface area (Å²) in [6.45, 7) is 3.74. The summed E-state index contributed by atoms with van der Waals surface area (Å²) >= 11 is 0. The van der Waals surface area contributed by atoms with Crippen LogP contribution in [-0.4, -0.2) is 22.6 Å². The van der Waals surface area contributed by atoms with E-state index in [1.54, 1.807) is 0 Å². The fraction of sp³-hybridized carbons (Fsp3) is 0.278. The summed E-state index contributed by atoms with van der Waals surface area (Å²) in [6.07, 6.45) is 0.647. The highest BCUT2D eigenvalue weighted by Crippen LogP contribution is 2.47. The van der Waals surface area contributed by atoms with Crippen molar-refractivity contribution in [3.05, 3.63) is 71.3 Å². The van der Waals surface area contributed by atoms with Gasteiger partial charge in [0.15, 0.2) is 5.72 Å². The number of carbonyl (C=O) groups excluding carboxylic acids is 1. The lowest BCUT2D eigenvalue weighted by Gasteiger charge is -2.36. The van der Waals surface area contributed by atoms with E-state index >= 15 is 0 Å². The Morgan fingerprint density at radius 2 is 1.77 bits per heavy atom. The third kappa shape index (κ3) is 2.16. The third-order valence-electron chi connectivity index (χ3n) is 3.86. The zero-order valence-electron chi connectivity index (χ0n) is 12.6. The highest BCUT2D eigenvalue weighted by Gasteiger charge is 2.52. The van der Waals surface area contributed by atoms with Crippen molar-refractivity contribution >= 4 is 6.29 Å². The molecule has 22 heavy (non-hydrogen) atoms. The summed E-state index contributed by atoms with van der Waals surface area (Å²) in [6, 6.07) is 16.0. The van der Waals surface area contributed by atoms with Gasteiger partial charge < -0.3 is 9.90 Å². The monoisotopic (exact) mass is 297 g/mol. The lowest BCUT2D eigenvalue weighted by molar-refractivity contribution is -0.303. The molecule has 4 nitrogen and oxygen atoms in total. The summed E-state index contributed by atoms with van der Waals surface area (Å²) in [5.41, 5.74) is 0.643. The van der Waals surface area contributed by atoms with Crippen molar-refractivity contribution in [2.45, 2.75) is 31.7 Å². The van der Waals surface area contributed by atoms with Gasteiger partial charge >= 0.3 is 0 Å². The predicted octanol–water partition coefficient (Wildman–Crippen LogP) is 2.78. The molecule has 2 atom stereocenters. The van der Waals surface area contributed by atoms with E-state index in [0.29, 0.717) is 11.1 Å². The third-order valence-corrected chi connectivity index (χ3v) is 3.86. The number of aliphatic hydroxyl groups is 1. The van der Waals surface area contributed by atoms with Crippen LogP contribution in [0.1, 0.15) is 36.6 Å². The summed E-state index contributed by atoms with van der Waals surface area (Å²) < 4.78 is 0. The Hall–Kier alpha value is -2.01. The smallest absolute Gasteiger partial charge is 0.194 e. The molecule has 1 aliphatic rings. The van der Waals surface area contributed by atoms with Crippen LogP contribution in [0.4, 0.5) is 0 Å². The molecule has 0 aliphatic carbocycles. The van der Waals surface area contributed by atoms with E-state index < -0.39 is 11.8 Å². The number of hydrogen-bond acceptors (Lipinski definition) is 4. The minimum Gasteiger partial charge on any atom is -0.366 e. The number of hydrogen-bond donors (Lipinski definition) is 1. The van der Waals surface area contributed by atoms with Gasteiger partial charge in [0.2, 0.25) is 0 Å². The van der Waals surface area contributed by atoms with Crippen molar-refractivity contribution in [3.63, 3.8) is 0 Å². The highest BCUT2D eigenvalue weighted by atomic mass is 16.7. The topological polar surface area (TPSA) is 49.8 Å². The normalized spacial score (nSPS) is 24.5. The number of benzene rings is 2. The van der Waals surface area contributed by atoms with Crippen LogP contribution in [-0.2, 0) is 15.4 Å². The summed E-state index contributed by atoms with van der Waals surface area (Å²) in [5, 5.41) is 12.9. The van der Waals surface area contributed by atoms with Crippen LogP contribution in [0, 0.1) is 0 Å². The second-order valence-electron chi connectivity index (χ2n) is 5.69. The van der Waals surface area contributed by atoms with Crippen LogP contribution >= 0.6 is 0 Å². The molecule has 1 N–H and O–H groups in total. The summed E-state index contributed by atoms with van der Waals surface area (Å²) in [7, 11) is 0. The van der Waals surface area contributed by atoms with Crippen molar-refractivity contribution in [3.8, 4) is 0 Å².